The summed E-state index contributed by atoms with van der Waals surface area (Å²) in [5, 5.41) is 3.95. The summed E-state index contributed by atoms with van der Waals surface area (Å²) in [6, 6.07) is 10.3. The van der Waals surface area contributed by atoms with Crippen molar-refractivity contribution in [3.05, 3.63) is 35.9 Å². The molecule has 0 N–H and O–H groups in total. The number of amides is 1. The number of carbonyl (C=O) groups excluding carboxylic acids is 1. The molecule has 1 aliphatic rings. The molecule has 1 heterocycles. The van der Waals surface area contributed by atoms with E-state index >= 15 is 0 Å². The van der Waals surface area contributed by atoms with E-state index in [1.54, 1.807) is 0 Å². The molecule has 13 heavy (non-hydrogen) atoms. The molecule has 1 aliphatic heterocycles. The summed E-state index contributed by atoms with van der Waals surface area (Å²) in [6.45, 7) is 0.669. The highest BCUT2D eigenvalue weighted by Crippen LogP contribution is 2.23. The van der Waals surface area contributed by atoms with Crippen molar-refractivity contribution in [1.82, 2.24) is 5.32 Å². The summed E-state index contributed by atoms with van der Waals surface area (Å²) in [5.74, 6) is 0.520. The van der Waals surface area contributed by atoms with Gasteiger partial charge in [-0.25, -0.2) is 0 Å². The first-order valence-electron chi connectivity index (χ1n) is 4.61. The summed E-state index contributed by atoms with van der Waals surface area (Å²) in [4.78, 5) is 10.9. The fraction of sp³-hybridized carbons (Fsp3) is 0.364. The minimum atomic E-state index is 0.0622. The molecule has 2 nitrogen and oxygen atoms in total. The standard InChI is InChI=1S/C11H12NO/c13-11-7-6-10(8-12-11)9-4-2-1-3-5-9/h1-5,10H,6-8H2. The van der Waals surface area contributed by atoms with Crippen LogP contribution >= 0.6 is 0 Å². The van der Waals surface area contributed by atoms with Crippen molar-refractivity contribution >= 4 is 5.91 Å². The molecular weight excluding hydrogens is 162 g/mol. The predicted octanol–water partition coefficient (Wildman–Crippen LogP) is 1.70. The zero-order chi connectivity index (χ0) is 9.10. The van der Waals surface area contributed by atoms with Crippen LogP contribution in [0.1, 0.15) is 24.3 Å². The summed E-state index contributed by atoms with van der Waals surface area (Å²) in [6.07, 6.45) is 1.56. The molecule has 0 bridgehead atoms. The molecule has 67 valence electrons. The lowest BCUT2D eigenvalue weighted by Gasteiger charge is -2.20. The van der Waals surface area contributed by atoms with Crippen molar-refractivity contribution in [2.24, 2.45) is 0 Å². The zero-order valence-corrected chi connectivity index (χ0v) is 7.44. The Labute approximate surface area is 78.0 Å². The molecule has 1 aromatic carbocycles. The summed E-state index contributed by atoms with van der Waals surface area (Å²) in [7, 11) is 0. The molecule has 1 atom stereocenters. The van der Waals surface area contributed by atoms with Crippen LogP contribution in [0, 0.1) is 0 Å². The number of hydrogen-bond donors (Lipinski definition) is 0. The normalized spacial score (nSPS) is 22.5. The van der Waals surface area contributed by atoms with Crippen LogP contribution in [0.2, 0.25) is 0 Å². The number of carbonyl (C=O) groups is 1. The van der Waals surface area contributed by atoms with Crippen molar-refractivity contribution in [1.29, 1.82) is 0 Å². The van der Waals surface area contributed by atoms with E-state index in [-0.39, 0.29) is 5.91 Å². The van der Waals surface area contributed by atoms with E-state index in [1.807, 2.05) is 18.2 Å². The Kier molecular flexibility index (Phi) is 2.30. The molecule has 2 heteroatoms. The van der Waals surface area contributed by atoms with Crippen LogP contribution in [0.25, 0.3) is 0 Å². The first-order valence-corrected chi connectivity index (χ1v) is 4.61. The molecule has 0 spiro atoms. The maximum atomic E-state index is 10.9. The second-order valence-corrected chi connectivity index (χ2v) is 3.38. The Hall–Kier alpha value is -1.31. The monoisotopic (exact) mass is 174 g/mol. The minimum Gasteiger partial charge on any atom is -0.273 e. The molecule has 0 saturated carbocycles. The maximum absolute atomic E-state index is 10.9. The van der Waals surface area contributed by atoms with Crippen molar-refractivity contribution in [3.63, 3.8) is 0 Å². The van der Waals surface area contributed by atoms with E-state index in [4.69, 9.17) is 0 Å². The van der Waals surface area contributed by atoms with E-state index in [9.17, 15) is 4.79 Å². The van der Waals surface area contributed by atoms with Gasteiger partial charge in [-0.3, -0.25) is 10.1 Å². The third kappa shape index (κ3) is 1.89. The average molecular weight is 174 g/mol. The topological polar surface area (TPSA) is 31.2 Å². The zero-order valence-electron chi connectivity index (χ0n) is 7.44. The van der Waals surface area contributed by atoms with Crippen molar-refractivity contribution in [2.45, 2.75) is 18.8 Å². The SMILES string of the molecule is O=C1CCC(c2ccccc2)C[N]1. The van der Waals surface area contributed by atoms with Crippen molar-refractivity contribution < 1.29 is 4.79 Å². The van der Waals surface area contributed by atoms with E-state index in [1.165, 1.54) is 5.56 Å². The van der Waals surface area contributed by atoms with Crippen LogP contribution in [0.3, 0.4) is 0 Å². The van der Waals surface area contributed by atoms with Gasteiger partial charge in [0.15, 0.2) is 0 Å². The van der Waals surface area contributed by atoms with Gasteiger partial charge >= 0.3 is 0 Å². The largest absolute Gasteiger partial charge is 0.273 e. The molecule has 1 fully saturated rings. The first-order chi connectivity index (χ1) is 6.36. The van der Waals surface area contributed by atoms with Crippen LogP contribution in [0.4, 0.5) is 0 Å². The average Bonchev–Trinajstić information content (AvgIpc) is 2.20. The molecule has 2 rings (SSSR count). The number of piperidine rings is 1. The highest BCUT2D eigenvalue weighted by molar-refractivity contribution is 5.76. The molecular formula is C11H12NO. The van der Waals surface area contributed by atoms with Gasteiger partial charge in [-0.15, -0.1) is 0 Å². The van der Waals surface area contributed by atoms with Gasteiger partial charge in [0.05, 0.1) is 0 Å². The second kappa shape index (κ2) is 3.60. The number of benzene rings is 1. The first kappa shape index (κ1) is 8.30. The molecule has 1 saturated heterocycles. The van der Waals surface area contributed by atoms with Gasteiger partial charge in [0.25, 0.3) is 0 Å². The molecule has 1 unspecified atom stereocenters. The van der Waals surface area contributed by atoms with E-state index < -0.39 is 0 Å². The predicted molar refractivity (Wildman–Crippen MR) is 50.4 cm³/mol. The van der Waals surface area contributed by atoms with Crippen LogP contribution in [0.15, 0.2) is 30.3 Å². The van der Waals surface area contributed by atoms with Gasteiger partial charge in [-0.2, -0.15) is 0 Å². The molecule has 0 aliphatic carbocycles. The van der Waals surface area contributed by atoms with Gasteiger partial charge in [0.1, 0.15) is 0 Å². The van der Waals surface area contributed by atoms with Crippen LogP contribution in [-0.2, 0) is 4.79 Å². The summed E-state index contributed by atoms with van der Waals surface area (Å²) in [5.41, 5.74) is 1.30. The Bertz CT molecular complexity index is 284. The Morgan fingerprint density at radius 2 is 2.00 bits per heavy atom. The van der Waals surface area contributed by atoms with Crippen molar-refractivity contribution in [2.75, 3.05) is 6.54 Å². The smallest absolute Gasteiger partial charge is 0.241 e. The summed E-state index contributed by atoms with van der Waals surface area (Å²) < 4.78 is 0. The fourth-order valence-corrected chi connectivity index (χ4v) is 1.68. The van der Waals surface area contributed by atoms with Gasteiger partial charge in [-0.1, -0.05) is 30.3 Å². The van der Waals surface area contributed by atoms with E-state index in [0.29, 0.717) is 18.9 Å². The van der Waals surface area contributed by atoms with E-state index in [0.717, 1.165) is 6.42 Å². The Morgan fingerprint density at radius 3 is 2.62 bits per heavy atom. The van der Waals surface area contributed by atoms with Crippen molar-refractivity contribution in [3.8, 4) is 0 Å². The van der Waals surface area contributed by atoms with Gasteiger partial charge in [0, 0.05) is 18.9 Å². The lowest BCUT2D eigenvalue weighted by atomic mass is 9.92. The molecule has 1 radical (unpaired) electrons. The van der Waals surface area contributed by atoms with Crippen LogP contribution in [-0.4, -0.2) is 12.5 Å². The maximum Gasteiger partial charge on any atom is 0.241 e. The Morgan fingerprint density at radius 1 is 1.23 bits per heavy atom. The molecule has 1 aromatic rings. The van der Waals surface area contributed by atoms with Gasteiger partial charge < -0.3 is 0 Å². The van der Waals surface area contributed by atoms with Gasteiger partial charge in [0.2, 0.25) is 5.91 Å². The fourth-order valence-electron chi connectivity index (χ4n) is 1.68. The number of rotatable bonds is 1. The van der Waals surface area contributed by atoms with Crippen LogP contribution < -0.4 is 5.32 Å². The third-order valence-corrected chi connectivity index (χ3v) is 2.47. The highest BCUT2D eigenvalue weighted by atomic mass is 16.1. The number of nitrogens with zero attached hydrogens (tertiary/aromatic N) is 1. The van der Waals surface area contributed by atoms with Crippen LogP contribution in [0.5, 0.6) is 0 Å². The highest BCUT2D eigenvalue weighted by Gasteiger charge is 2.20. The summed E-state index contributed by atoms with van der Waals surface area (Å²) >= 11 is 0. The quantitative estimate of drug-likeness (QED) is 0.637. The Balaban J connectivity index is 2.07. The molecule has 1 amide bonds. The lowest BCUT2D eigenvalue weighted by molar-refractivity contribution is -0.122. The number of hydrogen-bond acceptors (Lipinski definition) is 1. The lowest BCUT2D eigenvalue weighted by Crippen LogP contribution is -2.27. The van der Waals surface area contributed by atoms with Gasteiger partial charge in [-0.05, 0) is 12.0 Å². The van der Waals surface area contributed by atoms with E-state index in [2.05, 4.69) is 17.4 Å². The molecule has 0 aromatic heterocycles. The third-order valence-electron chi connectivity index (χ3n) is 2.47. The minimum absolute atomic E-state index is 0.0622. The second-order valence-electron chi connectivity index (χ2n) is 3.38.